The Balaban J connectivity index is 2.12. The number of alkyl halides is 3. The molecule has 0 unspecified atom stereocenters. The summed E-state index contributed by atoms with van der Waals surface area (Å²) >= 11 is 0. The van der Waals surface area contributed by atoms with Gasteiger partial charge >= 0.3 is 18.0 Å². The molecule has 0 heterocycles. The topological polar surface area (TPSA) is 61.4 Å². The summed E-state index contributed by atoms with van der Waals surface area (Å²) in [6.07, 6.45) is 1.28. The van der Waals surface area contributed by atoms with Crippen molar-refractivity contribution in [3.63, 3.8) is 0 Å². The lowest BCUT2D eigenvalue weighted by molar-refractivity contribution is -0.137. The van der Waals surface area contributed by atoms with E-state index in [-0.39, 0.29) is 11.7 Å². The van der Waals surface area contributed by atoms with Crippen LogP contribution in [0.5, 0.6) is 0 Å². The first-order valence-corrected chi connectivity index (χ1v) is 8.69. The number of carbonyl (C=O) groups is 2. The van der Waals surface area contributed by atoms with Crippen molar-refractivity contribution in [3.05, 3.63) is 23.8 Å². The molecule has 2 N–H and O–H groups in total. The Morgan fingerprint density at radius 3 is 2.19 bits per heavy atom. The fourth-order valence-electron chi connectivity index (χ4n) is 3.06. The van der Waals surface area contributed by atoms with Crippen LogP contribution in [0.3, 0.4) is 0 Å². The SMILES string of the molecule is CN(C)c1ccc(C(F)(F)F)cc1NC(=O)C(=O)NC1CCCCCC1. The van der Waals surface area contributed by atoms with E-state index in [2.05, 4.69) is 10.6 Å². The van der Waals surface area contributed by atoms with E-state index >= 15 is 0 Å². The number of hydrogen-bond donors (Lipinski definition) is 2. The van der Waals surface area contributed by atoms with Gasteiger partial charge in [0.05, 0.1) is 16.9 Å². The molecule has 0 bridgehead atoms. The Kier molecular flexibility index (Phi) is 6.50. The smallest absolute Gasteiger partial charge is 0.376 e. The molecule has 2 rings (SSSR count). The summed E-state index contributed by atoms with van der Waals surface area (Å²) in [7, 11) is 3.29. The Bertz CT molecular complexity index is 652. The van der Waals surface area contributed by atoms with Crippen LogP contribution in [-0.2, 0) is 15.8 Å². The summed E-state index contributed by atoms with van der Waals surface area (Å²) in [4.78, 5) is 25.9. The molecule has 26 heavy (non-hydrogen) atoms. The third-order valence-corrected chi connectivity index (χ3v) is 4.45. The second-order valence-electron chi connectivity index (χ2n) is 6.74. The van der Waals surface area contributed by atoms with Crippen LogP contribution in [0.2, 0.25) is 0 Å². The van der Waals surface area contributed by atoms with E-state index in [1.165, 1.54) is 6.07 Å². The predicted molar refractivity (Wildman–Crippen MR) is 94.0 cm³/mol. The molecule has 0 aliphatic heterocycles. The maximum Gasteiger partial charge on any atom is 0.416 e. The van der Waals surface area contributed by atoms with Crippen molar-refractivity contribution in [2.75, 3.05) is 24.3 Å². The van der Waals surface area contributed by atoms with Crippen molar-refractivity contribution >= 4 is 23.2 Å². The maximum absolute atomic E-state index is 12.9. The molecule has 1 aromatic carbocycles. The van der Waals surface area contributed by atoms with Gasteiger partial charge in [-0.1, -0.05) is 25.7 Å². The van der Waals surface area contributed by atoms with Crippen LogP contribution in [0.25, 0.3) is 0 Å². The number of amides is 2. The van der Waals surface area contributed by atoms with E-state index < -0.39 is 23.6 Å². The molecule has 144 valence electrons. The number of rotatable bonds is 3. The van der Waals surface area contributed by atoms with Crippen LogP contribution in [0.1, 0.15) is 44.1 Å². The normalized spacial score (nSPS) is 15.9. The summed E-state index contributed by atoms with van der Waals surface area (Å²) in [6, 6.07) is 2.98. The van der Waals surface area contributed by atoms with E-state index in [0.717, 1.165) is 50.7 Å². The van der Waals surface area contributed by atoms with E-state index in [1.54, 1.807) is 19.0 Å². The zero-order valence-corrected chi connectivity index (χ0v) is 14.9. The summed E-state index contributed by atoms with van der Waals surface area (Å²) < 4.78 is 38.8. The zero-order chi connectivity index (χ0) is 19.3. The highest BCUT2D eigenvalue weighted by Gasteiger charge is 2.31. The van der Waals surface area contributed by atoms with Crippen molar-refractivity contribution in [2.45, 2.75) is 50.7 Å². The number of nitrogens with one attached hydrogen (secondary N) is 2. The molecule has 1 saturated carbocycles. The average molecular weight is 371 g/mol. The van der Waals surface area contributed by atoms with E-state index in [4.69, 9.17) is 0 Å². The molecule has 1 aromatic rings. The van der Waals surface area contributed by atoms with Gasteiger partial charge in [0.1, 0.15) is 0 Å². The van der Waals surface area contributed by atoms with Crippen molar-refractivity contribution in [1.82, 2.24) is 5.32 Å². The van der Waals surface area contributed by atoms with Gasteiger partial charge in [-0.2, -0.15) is 13.2 Å². The predicted octanol–water partition coefficient (Wildman–Crippen LogP) is 3.55. The first-order valence-electron chi connectivity index (χ1n) is 8.69. The fraction of sp³-hybridized carbons (Fsp3) is 0.556. The Hall–Kier alpha value is -2.25. The minimum Gasteiger partial charge on any atom is -0.376 e. The minimum absolute atomic E-state index is 0.0501. The van der Waals surface area contributed by atoms with Crippen LogP contribution < -0.4 is 15.5 Å². The molecule has 8 heteroatoms. The molecule has 0 saturated heterocycles. The molecule has 0 spiro atoms. The summed E-state index contributed by atoms with van der Waals surface area (Å²) in [5.41, 5.74) is -0.554. The molecule has 1 fully saturated rings. The van der Waals surface area contributed by atoms with Crippen LogP contribution in [0.15, 0.2) is 18.2 Å². The summed E-state index contributed by atoms with van der Waals surface area (Å²) in [5.74, 6) is -1.78. The minimum atomic E-state index is -4.53. The largest absolute Gasteiger partial charge is 0.416 e. The third kappa shape index (κ3) is 5.37. The fourth-order valence-corrected chi connectivity index (χ4v) is 3.06. The number of nitrogens with zero attached hydrogens (tertiary/aromatic N) is 1. The van der Waals surface area contributed by atoms with Gasteiger partial charge in [0.15, 0.2) is 0 Å². The van der Waals surface area contributed by atoms with Gasteiger partial charge in [-0.25, -0.2) is 0 Å². The van der Waals surface area contributed by atoms with E-state index in [9.17, 15) is 22.8 Å². The standard InChI is InChI=1S/C18H24F3N3O2/c1-24(2)15-10-9-12(18(19,20)21)11-14(15)23-17(26)16(25)22-13-7-5-3-4-6-8-13/h9-11,13H,3-8H2,1-2H3,(H,22,25)(H,23,26). The lowest BCUT2D eigenvalue weighted by Crippen LogP contribution is -2.41. The molecule has 5 nitrogen and oxygen atoms in total. The Morgan fingerprint density at radius 2 is 1.65 bits per heavy atom. The molecule has 1 aliphatic rings. The van der Waals surface area contributed by atoms with Crippen molar-refractivity contribution in [3.8, 4) is 0 Å². The van der Waals surface area contributed by atoms with Crippen LogP contribution in [-0.4, -0.2) is 32.0 Å². The quantitative estimate of drug-likeness (QED) is 0.631. The maximum atomic E-state index is 12.9. The van der Waals surface area contributed by atoms with Gasteiger partial charge in [0.25, 0.3) is 0 Å². The summed E-state index contributed by atoms with van der Waals surface area (Å²) in [5, 5.41) is 5.00. The number of halogens is 3. The number of anilines is 2. The van der Waals surface area contributed by atoms with Gasteiger partial charge < -0.3 is 15.5 Å². The molecular weight excluding hydrogens is 347 g/mol. The first kappa shape index (κ1) is 20.1. The van der Waals surface area contributed by atoms with Crippen LogP contribution in [0, 0.1) is 0 Å². The molecule has 0 radical (unpaired) electrons. The lowest BCUT2D eigenvalue weighted by Gasteiger charge is -2.20. The second kappa shape index (κ2) is 8.42. The van der Waals surface area contributed by atoms with Crippen molar-refractivity contribution < 1.29 is 22.8 Å². The average Bonchev–Trinajstić information content (AvgIpc) is 2.82. The highest BCUT2D eigenvalue weighted by molar-refractivity contribution is 6.40. The Morgan fingerprint density at radius 1 is 1.04 bits per heavy atom. The van der Waals surface area contributed by atoms with E-state index in [0.29, 0.717) is 5.69 Å². The number of carbonyl (C=O) groups excluding carboxylic acids is 2. The molecule has 0 aromatic heterocycles. The van der Waals surface area contributed by atoms with Gasteiger partial charge in [-0.05, 0) is 31.0 Å². The molecule has 0 atom stereocenters. The second-order valence-corrected chi connectivity index (χ2v) is 6.74. The van der Waals surface area contributed by atoms with Crippen LogP contribution in [0.4, 0.5) is 24.5 Å². The summed E-state index contributed by atoms with van der Waals surface area (Å²) in [6.45, 7) is 0. The number of hydrogen-bond acceptors (Lipinski definition) is 3. The molecular formula is C18H24F3N3O2. The monoisotopic (exact) mass is 371 g/mol. The highest BCUT2D eigenvalue weighted by Crippen LogP contribution is 2.34. The van der Waals surface area contributed by atoms with Crippen molar-refractivity contribution in [1.29, 1.82) is 0 Å². The zero-order valence-electron chi connectivity index (χ0n) is 14.9. The van der Waals surface area contributed by atoms with E-state index in [1.807, 2.05) is 0 Å². The molecule has 2 amide bonds. The van der Waals surface area contributed by atoms with Gasteiger partial charge in [0, 0.05) is 20.1 Å². The van der Waals surface area contributed by atoms with Crippen LogP contribution >= 0.6 is 0 Å². The highest BCUT2D eigenvalue weighted by atomic mass is 19.4. The number of benzene rings is 1. The van der Waals surface area contributed by atoms with Gasteiger partial charge in [-0.3, -0.25) is 9.59 Å². The van der Waals surface area contributed by atoms with Gasteiger partial charge in [-0.15, -0.1) is 0 Å². The molecule has 1 aliphatic carbocycles. The third-order valence-electron chi connectivity index (χ3n) is 4.45. The first-order chi connectivity index (χ1) is 12.2. The van der Waals surface area contributed by atoms with Crippen molar-refractivity contribution in [2.24, 2.45) is 0 Å². The Labute approximate surface area is 150 Å². The lowest BCUT2D eigenvalue weighted by atomic mass is 10.1. The van der Waals surface area contributed by atoms with Gasteiger partial charge in [0.2, 0.25) is 0 Å².